The Hall–Kier alpha value is -1.64. The summed E-state index contributed by atoms with van der Waals surface area (Å²) in [5.41, 5.74) is 0. The smallest absolute Gasteiger partial charge is 0.380 e. The van der Waals surface area contributed by atoms with Crippen molar-refractivity contribution >= 4 is 23.1 Å². The van der Waals surface area contributed by atoms with E-state index in [1.54, 1.807) is 19.1 Å². The summed E-state index contributed by atoms with van der Waals surface area (Å²) in [4.78, 5) is 23.7. The van der Waals surface area contributed by atoms with Crippen LogP contribution in [0.1, 0.15) is 27.9 Å². The predicted octanol–water partition coefficient (Wildman–Crippen LogP) is 1.23. The minimum atomic E-state index is -0.843. The lowest BCUT2D eigenvalue weighted by Crippen LogP contribution is -2.16. The molecule has 17 heavy (non-hydrogen) atoms. The van der Waals surface area contributed by atoms with Crippen molar-refractivity contribution in [1.82, 2.24) is 0 Å². The molecule has 0 fully saturated rings. The molecular formula is C12H12O4S. The van der Waals surface area contributed by atoms with E-state index in [9.17, 15) is 9.59 Å². The first-order valence-electron chi connectivity index (χ1n) is 5.10. The van der Waals surface area contributed by atoms with Crippen molar-refractivity contribution in [1.29, 1.82) is 0 Å². The Kier molecular flexibility index (Phi) is 5.40. The van der Waals surface area contributed by atoms with Crippen LogP contribution in [0.3, 0.4) is 0 Å². The Labute approximate surface area is 103 Å². The van der Waals surface area contributed by atoms with Crippen LogP contribution in [0.25, 0.3) is 0 Å². The number of carbonyl (C=O) groups is 2. The lowest BCUT2D eigenvalue weighted by Gasteiger charge is -1.97. The lowest BCUT2D eigenvalue weighted by atomic mass is 10.3. The fraction of sp³-hybridized carbons (Fsp3) is 0.333. The molecule has 0 aliphatic rings. The van der Waals surface area contributed by atoms with Gasteiger partial charge in [-0.05, 0) is 19.1 Å². The van der Waals surface area contributed by atoms with Crippen molar-refractivity contribution in [2.24, 2.45) is 0 Å². The molecular weight excluding hydrogens is 240 g/mol. The van der Waals surface area contributed by atoms with Crippen LogP contribution in [0.4, 0.5) is 0 Å². The van der Waals surface area contributed by atoms with Crippen LogP contribution in [0.2, 0.25) is 0 Å². The Balaban J connectivity index is 2.72. The maximum absolute atomic E-state index is 11.5. The molecule has 1 aromatic heterocycles. The highest BCUT2D eigenvalue weighted by Gasteiger charge is 2.18. The summed E-state index contributed by atoms with van der Waals surface area (Å²) in [5.74, 6) is 4.05. The van der Waals surface area contributed by atoms with E-state index >= 15 is 0 Å². The average Bonchev–Trinajstić information content (AvgIpc) is 2.77. The predicted molar refractivity (Wildman–Crippen MR) is 63.9 cm³/mol. The number of aliphatic hydroxyl groups excluding tert-OH is 1. The van der Waals surface area contributed by atoms with E-state index in [0.717, 1.165) is 11.3 Å². The SMILES string of the molecule is CCOC(=O)C(=O)c1ccc(C#CCCO)s1. The van der Waals surface area contributed by atoms with Gasteiger partial charge in [-0.2, -0.15) is 0 Å². The molecule has 0 unspecified atom stereocenters. The van der Waals surface area contributed by atoms with Gasteiger partial charge in [0.25, 0.3) is 5.78 Å². The summed E-state index contributed by atoms with van der Waals surface area (Å²) in [6, 6.07) is 3.22. The number of rotatable bonds is 4. The largest absolute Gasteiger partial charge is 0.460 e. The molecule has 0 bridgehead atoms. The zero-order valence-corrected chi connectivity index (χ0v) is 10.2. The zero-order chi connectivity index (χ0) is 12.7. The normalized spacial score (nSPS) is 9.29. The van der Waals surface area contributed by atoms with Crippen LogP contribution in [0.5, 0.6) is 0 Å². The Bertz CT molecular complexity index is 464. The van der Waals surface area contributed by atoms with Crippen LogP contribution in [-0.4, -0.2) is 30.1 Å². The second-order valence-corrected chi connectivity index (χ2v) is 4.07. The molecule has 0 saturated heterocycles. The molecule has 1 heterocycles. The number of hydrogen-bond acceptors (Lipinski definition) is 5. The van der Waals surface area contributed by atoms with Gasteiger partial charge >= 0.3 is 5.97 Å². The highest BCUT2D eigenvalue weighted by atomic mass is 32.1. The van der Waals surface area contributed by atoms with Gasteiger partial charge in [0.1, 0.15) is 0 Å². The van der Waals surface area contributed by atoms with E-state index in [-0.39, 0.29) is 13.2 Å². The molecule has 1 aromatic rings. The second kappa shape index (κ2) is 6.84. The topological polar surface area (TPSA) is 63.6 Å². The number of ketones is 1. The molecule has 0 aliphatic carbocycles. The van der Waals surface area contributed by atoms with Crippen LogP contribution >= 0.6 is 11.3 Å². The van der Waals surface area contributed by atoms with E-state index in [1.807, 2.05) is 0 Å². The quantitative estimate of drug-likeness (QED) is 0.379. The first-order valence-corrected chi connectivity index (χ1v) is 5.91. The maximum Gasteiger partial charge on any atom is 0.380 e. The van der Waals surface area contributed by atoms with Crippen LogP contribution in [-0.2, 0) is 9.53 Å². The van der Waals surface area contributed by atoms with Gasteiger partial charge < -0.3 is 9.84 Å². The molecule has 0 amide bonds. The third-order valence-corrected chi connectivity index (χ3v) is 2.74. The minimum Gasteiger partial charge on any atom is -0.460 e. The third kappa shape index (κ3) is 4.02. The maximum atomic E-state index is 11.5. The van der Waals surface area contributed by atoms with E-state index in [2.05, 4.69) is 16.6 Å². The van der Waals surface area contributed by atoms with Crippen molar-refractivity contribution in [3.05, 3.63) is 21.9 Å². The molecule has 4 nitrogen and oxygen atoms in total. The average molecular weight is 252 g/mol. The summed E-state index contributed by atoms with van der Waals surface area (Å²) in [6.45, 7) is 1.83. The van der Waals surface area contributed by atoms with Crippen molar-refractivity contribution in [2.75, 3.05) is 13.2 Å². The molecule has 90 valence electrons. The fourth-order valence-corrected chi connectivity index (χ4v) is 1.84. The standard InChI is InChI=1S/C12H12O4S/c1-2-16-12(15)11(14)10-7-6-9(17-10)5-3-4-8-13/h6-7,13H,2,4,8H2,1H3. The lowest BCUT2D eigenvalue weighted by molar-refractivity contribution is -0.137. The highest BCUT2D eigenvalue weighted by Crippen LogP contribution is 2.16. The van der Waals surface area contributed by atoms with Gasteiger partial charge in [0.2, 0.25) is 0 Å². The molecule has 0 aromatic carbocycles. The van der Waals surface area contributed by atoms with Gasteiger partial charge in [0.15, 0.2) is 0 Å². The number of carbonyl (C=O) groups excluding carboxylic acids is 2. The second-order valence-electron chi connectivity index (χ2n) is 2.99. The summed E-state index contributed by atoms with van der Waals surface area (Å²) < 4.78 is 4.61. The van der Waals surface area contributed by atoms with Gasteiger partial charge in [-0.25, -0.2) is 4.79 Å². The minimum absolute atomic E-state index is 0.00693. The first kappa shape index (κ1) is 13.4. The monoisotopic (exact) mass is 252 g/mol. The fourth-order valence-electron chi connectivity index (χ4n) is 1.03. The first-order chi connectivity index (χ1) is 8.19. The number of ether oxygens (including phenoxy) is 1. The number of esters is 1. The number of thiophene rings is 1. The third-order valence-electron chi connectivity index (χ3n) is 1.74. The summed E-state index contributed by atoms with van der Waals surface area (Å²) in [7, 11) is 0. The number of Topliss-reactive ketones (excluding diaryl/α,β-unsaturated/α-hetero) is 1. The van der Waals surface area contributed by atoms with Gasteiger partial charge in [-0.1, -0.05) is 11.8 Å². The summed E-state index contributed by atoms with van der Waals surface area (Å²) in [6.07, 6.45) is 0.388. The van der Waals surface area contributed by atoms with Gasteiger partial charge in [-0.15, -0.1) is 11.3 Å². The van der Waals surface area contributed by atoms with Crippen LogP contribution in [0, 0.1) is 11.8 Å². The molecule has 0 atom stereocenters. The van der Waals surface area contributed by atoms with E-state index in [0.29, 0.717) is 16.2 Å². The molecule has 1 rings (SSSR count). The molecule has 1 N–H and O–H groups in total. The van der Waals surface area contributed by atoms with Crippen molar-refractivity contribution < 1.29 is 19.4 Å². The Morgan fingerprint density at radius 2 is 2.24 bits per heavy atom. The van der Waals surface area contributed by atoms with Crippen LogP contribution in [0.15, 0.2) is 12.1 Å². The number of aliphatic hydroxyl groups is 1. The van der Waals surface area contributed by atoms with E-state index < -0.39 is 11.8 Å². The molecule has 0 aliphatic heterocycles. The molecule has 0 radical (unpaired) electrons. The van der Waals surface area contributed by atoms with E-state index in [1.165, 1.54) is 0 Å². The molecule has 5 heteroatoms. The van der Waals surface area contributed by atoms with Gasteiger partial charge in [0.05, 0.1) is 23.0 Å². The Morgan fingerprint density at radius 1 is 1.47 bits per heavy atom. The summed E-state index contributed by atoms with van der Waals surface area (Å²) >= 11 is 1.14. The van der Waals surface area contributed by atoms with Crippen molar-refractivity contribution in [2.45, 2.75) is 13.3 Å². The summed E-state index contributed by atoms with van der Waals surface area (Å²) in [5, 5.41) is 8.56. The van der Waals surface area contributed by atoms with Gasteiger partial charge in [-0.3, -0.25) is 4.79 Å². The van der Waals surface area contributed by atoms with Crippen LogP contribution < -0.4 is 0 Å². The van der Waals surface area contributed by atoms with E-state index in [4.69, 9.17) is 5.11 Å². The highest BCUT2D eigenvalue weighted by molar-refractivity contribution is 7.15. The number of hydrogen-bond donors (Lipinski definition) is 1. The zero-order valence-electron chi connectivity index (χ0n) is 9.36. The molecule has 0 saturated carbocycles. The van der Waals surface area contributed by atoms with Crippen molar-refractivity contribution in [3.63, 3.8) is 0 Å². The van der Waals surface area contributed by atoms with Gasteiger partial charge in [0, 0.05) is 6.42 Å². The Morgan fingerprint density at radius 3 is 2.88 bits per heavy atom. The van der Waals surface area contributed by atoms with Crippen molar-refractivity contribution in [3.8, 4) is 11.8 Å². The molecule has 0 spiro atoms.